The first kappa shape index (κ1) is 28.0. The van der Waals surface area contributed by atoms with Crippen LogP contribution in [0.2, 0.25) is 10.0 Å². The van der Waals surface area contributed by atoms with Gasteiger partial charge in [0.15, 0.2) is 6.61 Å². The molecule has 2 amide bonds. The molecule has 38 heavy (non-hydrogen) atoms. The largest absolute Gasteiger partial charge is 0.483 e. The van der Waals surface area contributed by atoms with E-state index >= 15 is 0 Å². The molecule has 0 saturated carbocycles. The minimum atomic E-state index is -0.805. The maximum absolute atomic E-state index is 13.8. The summed E-state index contributed by atoms with van der Waals surface area (Å²) < 4.78 is 6.75. The van der Waals surface area contributed by atoms with E-state index < -0.39 is 6.04 Å². The number of nitrogens with zero attached hydrogens (tertiary/aromatic N) is 1. The molecule has 0 saturated heterocycles. The first-order valence-corrected chi connectivity index (χ1v) is 13.8. The quantitative estimate of drug-likeness (QED) is 0.208. The molecule has 0 radical (unpaired) electrons. The highest BCUT2D eigenvalue weighted by atomic mass is 79.9. The lowest BCUT2D eigenvalue weighted by molar-refractivity contribution is -0.142. The van der Waals surface area contributed by atoms with Gasteiger partial charge >= 0.3 is 0 Å². The standard InChI is InChI=1S/C30H27BrCl2N2O3/c1-2-34-30(37)26(17-20-9-4-3-5-10-20)35(18-23-24(32)13-8-14-25(23)33)28(36)19-38-27-16-15-21-11-6-7-12-22(21)29(27)31/h3-16,26H,2,17-19H2,1H3,(H,34,37)/t26-/m0/s1. The molecule has 0 aliphatic rings. The highest BCUT2D eigenvalue weighted by Gasteiger charge is 2.31. The van der Waals surface area contributed by atoms with Crippen molar-refractivity contribution in [1.29, 1.82) is 0 Å². The van der Waals surface area contributed by atoms with E-state index in [-0.39, 0.29) is 25.0 Å². The Labute approximate surface area is 240 Å². The van der Waals surface area contributed by atoms with Crippen molar-refractivity contribution in [3.63, 3.8) is 0 Å². The second-order valence-corrected chi connectivity index (χ2v) is 10.3. The second-order valence-electron chi connectivity index (χ2n) is 8.71. The van der Waals surface area contributed by atoms with Crippen molar-refractivity contribution in [2.75, 3.05) is 13.2 Å². The van der Waals surface area contributed by atoms with E-state index in [0.717, 1.165) is 20.8 Å². The van der Waals surface area contributed by atoms with Crippen molar-refractivity contribution in [2.24, 2.45) is 0 Å². The van der Waals surface area contributed by atoms with Gasteiger partial charge in [-0.25, -0.2) is 0 Å². The Morgan fingerprint density at radius 1 is 0.921 bits per heavy atom. The van der Waals surface area contributed by atoms with E-state index in [1.165, 1.54) is 4.90 Å². The average molecular weight is 614 g/mol. The highest BCUT2D eigenvalue weighted by Crippen LogP contribution is 2.33. The van der Waals surface area contributed by atoms with Crippen LogP contribution in [0.4, 0.5) is 0 Å². The van der Waals surface area contributed by atoms with E-state index in [9.17, 15) is 9.59 Å². The second kappa shape index (κ2) is 13.1. The van der Waals surface area contributed by atoms with E-state index in [1.54, 1.807) is 18.2 Å². The van der Waals surface area contributed by atoms with Gasteiger partial charge in [0.1, 0.15) is 11.8 Å². The number of carbonyl (C=O) groups excluding carboxylic acids is 2. The molecular weight excluding hydrogens is 587 g/mol. The molecule has 0 aliphatic heterocycles. The highest BCUT2D eigenvalue weighted by molar-refractivity contribution is 9.10. The summed E-state index contributed by atoms with van der Waals surface area (Å²) in [7, 11) is 0. The number of carbonyl (C=O) groups is 2. The van der Waals surface area contributed by atoms with Gasteiger partial charge in [0.05, 0.1) is 4.47 Å². The molecule has 4 aromatic carbocycles. The zero-order valence-electron chi connectivity index (χ0n) is 20.8. The molecule has 0 spiro atoms. The minimum Gasteiger partial charge on any atom is -0.483 e. The maximum atomic E-state index is 13.8. The summed E-state index contributed by atoms with van der Waals surface area (Å²) in [5, 5.41) is 5.73. The Bertz CT molecular complexity index is 1410. The lowest BCUT2D eigenvalue weighted by Crippen LogP contribution is -2.51. The van der Waals surface area contributed by atoms with Gasteiger partial charge in [0.2, 0.25) is 5.91 Å². The van der Waals surface area contributed by atoms with Crippen molar-refractivity contribution in [3.8, 4) is 5.75 Å². The first-order valence-electron chi connectivity index (χ1n) is 12.2. The number of rotatable bonds is 10. The number of nitrogens with one attached hydrogen (secondary N) is 1. The summed E-state index contributed by atoms with van der Waals surface area (Å²) in [6.45, 7) is 2.05. The van der Waals surface area contributed by atoms with Crippen LogP contribution in [0.3, 0.4) is 0 Å². The van der Waals surface area contributed by atoms with Crippen LogP contribution in [0.1, 0.15) is 18.1 Å². The average Bonchev–Trinajstić information content (AvgIpc) is 2.92. The molecule has 4 rings (SSSR count). The minimum absolute atomic E-state index is 0.0498. The molecular formula is C30H27BrCl2N2O3. The predicted molar refractivity (Wildman–Crippen MR) is 157 cm³/mol. The number of benzene rings is 4. The van der Waals surface area contributed by atoms with Crippen LogP contribution < -0.4 is 10.1 Å². The number of ether oxygens (including phenoxy) is 1. The van der Waals surface area contributed by atoms with Crippen LogP contribution in [0.5, 0.6) is 5.75 Å². The summed E-state index contributed by atoms with van der Waals surface area (Å²) in [6, 6.07) is 25.6. The smallest absolute Gasteiger partial charge is 0.261 e. The Hall–Kier alpha value is -3.06. The van der Waals surface area contributed by atoms with Crippen molar-refractivity contribution in [3.05, 3.63) is 111 Å². The van der Waals surface area contributed by atoms with Gasteiger partial charge < -0.3 is 15.0 Å². The van der Waals surface area contributed by atoms with Crippen LogP contribution in [-0.4, -0.2) is 35.9 Å². The van der Waals surface area contributed by atoms with Gasteiger partial charge in [-0.15, -0.1) is 0 Å². The first-order chi connectivity index (χ1) is 18.4. The van der Waals surface area contributed by atoms with Crippen LogP contribution in [0.15, 0.2) is 89.4 Å². The topological polar surface area (TPSA) is 58.6 Å². The van der Waals surface area contributed by atoms with Crippen molar-refractivity contribution >= 4 is 61.7 Å². The fraction of sp³-hybridized carbons (Fsp3) is 0.200. The predicted octanol–water partition coefficient (Wildman–Crippen LogP) is 7.06. The number of hydrogen-bond donors (Lipinski definition) is 1. The number of amides is 2. The summed E-state index contributed by atoms with van der Waals surface area (Å²) >= 11 is 16.6. The Morgan fingerprint density at radius 3 is 2.32 bits per heavy atom. The third-order valence-electron chi connectivity index (χ3n) is 6.19. The molecule has 0 bridgehead atoms. The maximum Gasteiger partial charge on any atom is 0.261 e. The molecule has 196 valence electrons. The van der Waals surface area contributed by atoms with Crippen molar-refractivity contribution < 1.29 is 14.3 Å². The molecule has 0 heterocycles. The Morgan fingerprint density at radius 2 is 1.61 bits per heavy atom. The van der Waals surface area contributed by atoms with Crippen LogP contribution >= 0.6 is 39.1 Å². The van der Waals surface area contributed by atoms with Gasteiger partial charge in [0.25, 0.3) is 5.91 Å². The monoisotopic (exact) mass is 612 g/mol. The zero-order valence-corrected chi connectivity index (χ0v) is 23.9. The van der Waals surface area contributed by atoms with Gasteiger partial charge in [0, 0.05) is 35.1 Å². The van der Waals surface area contributed by atoms with Gasteiger partial charge in [-0.3, -0.25) is 9.59 Å². The lowest BCUT2D eigenvalue weighted by atomic mass is 10.0. The SMILES string of the molecule is CCNC(=O)[C@H](Cc1ccccc1)N(Cc1c(Cl)cccc1Cl)C(=O)COc1ccc2ccccc2c1Br. The number of fused-ring (bicyclic) bond motifs is 1. The van der Waals surface area contributed by atoms with Gasteiger partial charge in [-0.05, 0) is 57.4 Å². The van der Waals surface area contributed by atoms with E-state index in [1.807, 2.05) is 73.7 Å². The van der Waals surface area contributed by atoms with Crippen LogP contribution in [-0.2, 0) is 22.6 Å². The normalized spacial score (nSPS) is 11.7. The summed E-state index contributed by atoms with van der Waals surface area (Å²) in [6.07, 6.45) is 0.320. The van der Waals surface area contributed by atoms with E-state index in [4.69, 9.17) is 27.9 Å². The van der Waals surface area contributed by atoms with Crippen molar-refractivity contribution in [2.45, 2.75) is 25.9 Å². The number of hydrogen-bond acceptors (Lipinski definition) is 3. The molecule has 1 N–H and O–H groups in total. The summed E-state index contributed by atoms with van der Waals surface area (Å²) in [5.41, 5.74) is 1.49. The lowest BCUT2D eigenvalue weighted by Gasteiger charge is -2.32. The molecule has 0 fully saturated rings. The van der Waals surface area contributed by atoms with Crippen molar-refractivity contribution in [1.82, 2.24) is 10.2 Å². The molecule has 0 aliphatic carbocycles. The molecule has 5 nitrogen and oxygen atoms in total. The third kappa shape index (κ3) is 6.68. The van der Waals surface area contributed by atoms with Crippen LogP contribution in [0.25, 0.3) is 10.8 Å². The van der Waals surface area contributed by atoms with E-state index in [2.05, 4.69) is 21.2 Å². The fourth-order valence-corrected chi connectivity index (χ4v) is 5.37. The zero-order chi connectivity index (χ0) is 27.1. The Kier molecular flexibility index (Phi) is 9.67. The Balaban J connectivity index is 1.66. The van der Waals surface area contributed by atoms with Crippen LogP contribution in [0, 0.1) is 0 Å². The summed E-state index contributed by atoms with van der Waals surface area (Å²) in [5.74, 6) is -0.0987. The molecule has 0 aromatic heterocycles. The molecule has 1 atom stereocenters. The molecule has 8 heteroatoms. The molecule has 4 aromatic rings. The number of halogens is 3. The number of likely N-dealkylation sites (N-methyl/N-ethyl adjacent to an activating group) is 1. The molecule has 0 unspecified atom stereocenters. The fourth-order valence-electron chi connectivity index (χ4n) is 4.25. The third-order valence-corrected chi connectivity index (χ3v) is 7.72. The van der Waals surface area contributed by atoms with E-state index in [0.29, 0.717) is 34.3 Å². The summed E-state index contributed by atoms with van der Waals surface area (Å²) in [4.78, 5) is 28.6. The van der Waals surface area contributed by atoms with Gasteiger partial charge in [-0.1, -0.05) is 89.9 Å². The van der Waals surface area contributed by atoms with Gasteiger partial charge in [-0.2, -0.15) is 0 Å².